The molecule has 0 radical (unpaired) electrons. The van der Waals surface area contributed by atoms with E-state index in [0.29, 0.717) is 5.56 Å². The molecule has 0 saturated carbocycles. The van der Waals surface area contributed by atoms with Crippen molar-refractivity contribution in [3.63, 3.8) is 0 Å². The van der Waals surface area contributed by atoms with E-state index >= 15 is 0 Å². The van der Waals surface area contributed by atoms with Crippen LogP contribution in [0, 0.1) is 0 Å². The van der Waals surface area contributed by atoms with Gasteiger partial charge in [-0.2, -0.15) is 0 Å². The highest BCUT2D eigenvalue weighted by Crippen LogP contribution is 2.22. The third-order valence-electron chi connectivity index (χ3n) is 2.87. The number of aromatic nitrogens is 1. The number of aryl methyl sites for hydroxylation is 2. The van der Waals surface area contributed by atoms with Crippen molar-refractivity contribution < 1.29 is 9.90 Å². The molecule has 0 fully saturated rings. The molecular formula is C13H12BrNO3. The molecule has 0 aliphatic heterocycles. The standard InChI is InChI=1S/C13H12BrNO3/c1-15-12-8(3-2-4-10(12)14)7-9(13(15)18)5-6-11(16)17/h2-4,7H,5-6H2,1H3,(H,16,17). The maximum absolute atomic E-state index is 12.1. The largest absolute Gasteiger partial charge is 0.481 e. The van der Waals surface area contributed by atoms with Gasteiger partial charge in [-0.15, -0.1) is 0 Å². The van der Waals surface area contributed by atoms with Crippen LogP contribution in [0.15, 0.2) is 33.5 Å². The Hall–Kier alpha value is -1.62. The first-order valence-electron chi connectivity index (χ1n) is 5.49. The minimum absolute atomic E-state index is 0.0330. The van der Waals surface area contributed by atoms with E-state index < -0.39 is 5.97 Å². The van der Waals surface area contributed by atoms with Crippen molar-refractivity contribution in [1.29, 1.82) is 0 Å². The van der Waals surface area contributed by atoms with Crippen LogP contribution >= 0.6 is 15.9 Å². The number of hydrogen-bond acceptors (Lipinski definition) is 2. The van der Waals surface area contributed by atoms with Crippen LogP contribution in [-0.4, -0.2) is 15.6 Å². The Morgan fingerprint density at radius 2 is 2.17 bits per heavy atom. The molecule has 4 nitrogen and oxygen atoms in total. The first kappa shape index (κ1) is 12.8. The van der Waals surface area contributed by atoms with Crippen LogP contribution < -0.4 is 5.56 Å². The molecule has 0 unspecified atom stereocenters. The van der Waals surface area contributed by atoms with Crippen molar-refractivity contribution in [2.75, 3.05) is 0 Å². The van der Waals surface area contributed by atoms with Gasteiger partial charge in [0.2, 0.25) is 0 Å². The van der Waals surface area contributed by atoms with Gasteiger partial charge in [0.1, 0.15) is 0 Å². The van der Waals surface area contributed by atoms with Crippen molar-refractivity contribution in [2.24, 2.45) is 7.05 Å². The highest BCUT2D eigenvalue weighted by molar-refractivity contribution is 9.10. The number of carbonyl (C=O) groups is 1. The van der Waals surface area contributed by atoms with Gasteiger partial charge in [0.25, 0.3) is 5.56 Å². The number of carboxylic acid groups (broad SMARTS) is 1. The van der Waals surface area contributed by atoms with Crippen molar-refractivity contribution in [2.45, 2.75) is 12.8 Å². The fraction of sp³-hybridized carbons (Fsp3) is 0.231. The van der Waals surface area contributed by atoms with Gasteiger partial charge in [0.15, 0.2) is 0 Å². The normalized spacial score (nSPS) is 10.8. The Balaban J connectivity index is 2.61. The number of rotatable bonds is 3. The molecule has 1 N–H and O–H groups in total. The number of halogens is 1. The van der Waals surface area contributed by atoms with Crippen molar-refractivity contribution in [1.82, 2.24) is 4.57 Å². The zero-order valence-corrected chi connectivity index (χ0v) is 11.4. The molecule has 0 saturated heterocycles. The molecule has 0 spiro atoms. The molecule has 0 atom stereocenters. The lowest BCUT2D eigenvalue weighted by Crippen LogP contribution is -2.22. The molecule has 0 aliphatic carbocycles. The fourth-order valence-corrected chi connectivity index (χ4v) is 2.64. The molecule has 1 aromatic carbocycles. The van der Waals surface area contributed by atoms with E-state index in [1.165, 1.54) is 0 Å². The summed E-state index contributed by atoms with van der Waals surface area (Å²) in [6.07, 6.45) is 0.221. The van der Waals surface area contributed by atoms with Gasteiger partial charge < -0.3 is 9.67 Å². The summed E-state index contributed by atoms with van der Waals surface area (Å²) in [4.78, 5) is 22.7. The molecule has 94 valence electrons. The van der Waals surface area contributed by atoms with E-state index in [9.17, 15) is 9.59 Å². The average Bonchev–Trinajstić information content (AvgIpc) is 2.31. The highest BCUT2D eigenvalue weighted by Gasteiger charge is 2.10. The zero-order valence-electron chi connectivity index (χ0n) is 9.81. The average molecular weight is 310 g/mol. The molecular weight excluding hydrogens is 298 g/mol. The van der Waals surface area contributed by atoms with Gasteiger partial charge in [-0.05, 0) is 39.9 Å². The van der Waals surface area contributed by atoms with E-state index in [1.807, 2.05) is 18.2 Å². The van der Waals surface area contributed by atoms with E-state index in [2.05, 4.69) is 15.9 Å². The second-order valence-corrected chi connectivity index (χ2v) is 4.96. The van der Waals surface area contributed by atoms with E-state index in [0.717, 1.165) is 15.4 Å². The SMILES string of the molecule is Cn1c(=O)c(CCC(=O)O)cc2cccc(Br)c21. The summed E-state index contributed by atoms with van der Waals surface area (Å²) in [5.41, 5.74) is 1.21. The topological polar surface area (TPSA) is 59.3 Å². The predicted octanol–water partition coefficient (Wildman–Crippen LogP) is 2.32. The third-order valence-corrected chi connectivity index (χ3v) is 3.51. The lowest BCUT2D eigenvalue weighted by Gasteiger charge is -2.09. The molecule has 2 aromatic rings. The number of pyridine rings is 1. The van der Waals surface area contributed by atoms with Gasteiger partial charge >= 0.3 is 5.97 Å². The summed E-state index contributed by atoms with van der Waals surface area (Å²) in [5.74, 6) is -0.897. The number of aliphatic carboxylic acids is 1. The lowest BCUT2D eigenvalue weighted by atomic mass is 10.1. The van der Waals surface area contributed by atoms with Crippen LogP contribution in [0.3, 0.4) is 0 Å². The molecule has 2 rings (SSSR count). The summed E-state index contributed by atoms with van der Waals surface area (Å²) in [7, 11) is 1.69. The van der Waals surface area contributed by atoms with Crippen LogP contribution in [0.25, 0.3) is 10.9 Å². The second-order valence-electron chi connectivity index (χ2n) is 4.11. The Kier molecular flexibility index (Phi) is 3.52. The van der Waals surface area contributed by atoms with E-state index in [-0.39, 0.29) is 18.4 Å². The lowest BCUT2D eigenvalue weighted by molar-refractivity contribution is -0.136. The maximum Gasteiger partial charge on any atom is 0.303 e. The highest BCUT2D eigenvalue weighted by atomic mass is 79.9. The first-order valence-corrected chi connectivity index (χ1v) is 6.29. The number of carboxylic acids is 1. The molecule has 1 heterocycles. The quantitative estimate of drug-likeness (QED) is 0.946. The van der Waals surface area contributed by atoms with Crippen LogP contribution in [0.5, 0.6) is 0 Å². The van der Waals surface area contributed by atoms with Gasteiger partial charge in [-0.25, -0.2) is 0 Å². The minimum atomic E-state index is -0.897. The Morgan fingerprint density at radius 1 is 1.44 bits per heavy atom. The minimum Gasteiger partial charge on any atom is -0.481 e. The third kappa shape index (κ3) is 2.31. The summed E-state index contributed by atoms with van der Waals surface area (Å²) in [5, 5.41) is 9.60. The van der Waals surface area contributed by atoms with Crippen molar-refractivity contribution in [3.05, 3.63) is 44.7 Å². The Bertz CT molecular complexity index is 676. The number of hydrogen-bond donors (Lipinski definition) is 1. The fourth-order valence-electron chi connectivity index (χ4n) is 1.99. The first-order chi connectivity index (χ1) is 8.50. The Labute approximate surface area is 112 Å². The van der Waals surface area contributed by atoms with Gasteiger partial charge in [-0.3, -0.25) is 9.59 Å². The van der Waals surface area contributed by atoms with E-state index in [1.54, 1.807) is 17.7 Å². The monoisotopic (exact) mass is 309 g/mol. The van der Waals surface area contributed by atoms with Crippen LogP contribution in [0.1, 0.15) is 12.0 Å². The molecule has 18 heavy (non-hydrogen) atoms. The Morgan fingerprint density at radius 3 is 2.83 bits per heavy atom. The van der Waals surface area contributed by atoms with Gasteiger partial charge in [0, 0.05) is 23.5 Å². The van der Waals surface area contributed by atoms with Gasteiger partial charge in [-0.1, -0.05) is 12.1 Å². The van der Waals surface area contributed by atoms with Crippen LogP contribution in [0.2, 0.25) is 0 Å². The van der Waals surface area contributed by atoms with Crippen LogP contribution in [-0.2, 0) is 18.3 Å². The summed E-state index contributed by atoms with van der Waals surface area (Å²) in [6.45, 7) is 0. The smallest absolute Gasteiger partial charge is 0.303 e. The zero-order chi connectivity index (χ0) is 13.3. The summed E-state index contributed by atoms with van der Waals surface area (Å²) in [6, 6.07) is 7.44. The molecule has 0 bridgehead atoms. The second kappa shape index (κ2) is 4.94. The molecule has 1 aromatic heterocycles. The number of nitrogens with zero attached hydrogens (tertiary/aromatic N) is 1. The van der Waals surface area contributed by atoms with Crippen molar-refractivity contribution >= 4 is 32.8 Å². The number of benzene rings is 1. The number of para-hydroxylation sites is 1. The molecule has 5 heteroatoms. The molecule has 0 aliphatic rings. The van der Waals surface area contributed by atoms with E-state index in [4.69, 9.17) is 5.11 Å². The summed E-state index contributed by atoms with van der Waals surface area (Å²) < 4.78 is 2.40. The maximum atomic E-state index is 12.1. The predicted molar refractivity (Wildman–Crippen MR) is 72.8 cm³/mol. The van der Waals surface area contributed by atoms with Crippen molar-refractivity contribution in [3.8, 4) is 0 Å². The molecule has 0 amide bonds. The summed E-state index contributed by atoms with van der Waals surface area (Å²) >= 11 is 3.41. The number of fused-ring (bicyclic) bond motifs is 1. The van der Waals surface area contributed by atoms with Crippen LogP contribution in [0.4, 0.5) is 0 Å². The van der Waals surface area contributed by atoms with Gasteiger partial charge in [0.05, 0.1) is 5.52 Å².